The maximum Gasteiger partial charge on any atom is 0.233 e. The minimum Gasteiger partial charge on any atom is -0.324 e. The molecule has 0 aliphatic carbocycles. The van der Waals surface area contributed by atoms with Crippen LogP contribution in [0.2, 0.25) is 0 Å². The molecule has 0 saturated heterocycles. The van der Waals surface area contributed by atoms with Crippen LogP contribution in [-0.4, -0.2) is 19.2 Å². The molecule has 0 bridgehead atoms. The summed E-state index contributed by atoms with van der Waals surface area (Å²) in [5, 5.41) is 0. The van der Waals surface area contributed by atoms with Gasteiger partial charge < -0.3 is 5.73 Å². The van der Waals surface area contributed by atoms with E-state index < -0.39 is 10.0 Å². The van der Waals surface area contributed by atoms with Gasteiger partial charge in [-0.1, -0.05) is 24.3 Å². The average molecular weight is 305 g/mol. The molecule has 1 atom stereocenters. The lowest BCUT2D eigenvalue weighted by Gasteiger charge is -2.14. The third-order valence-electron chi connectivity index (χ3n) is 3.07. The predicted octanol–water partition coefficient (Wildman–Crippen LogP) is 2.09. The zero-order chi connectivity index (χ0) is 15.3. The molecule has 0 aliphatic heterocycles. The van der Waals surface area contributed by atoms with Crippen LogP contribution < -0.4 is 10.5 Å². The molecule has 0 aliphatic rings. The fourth-order valence-electron chi connectivity index (χ4n) is 1.99. The molecule has 5 nitrogen and oxygen atoms in total. The van der Waals surface area contributed by atoms with Crippen LogP contribution in [-0.2, 0) is 16.4 Å². The summed E-state index contributed by atoms with van der Waals surface area (Å²) in [4.78, 5) is 4.12. The molecule has 0 radical (unpaired) electrons. The van der Waals surface area contributed by atoms with Crippen molar-refractivity contribution in [1.82, 2.24) is 4.98 Å². The second-order valence-electron chi connectivity index (χ2n) is 4.87. The molecule has 21 heavy (non-hydrogen) atoms. The Kier molecular flexibility index (Phi) is 4.93. The molecule has 3 N–H and O–H groups in total. The highest BCUT2D eigenvalue weighted by Crippen LogP contribution is 2.22. The highest BCUT2D eigenvalue weighted by Gasteiger charge is 2.14. The van der Waals surface area contributed by atoms with E-state index in [9.17, 15) is 8.42 Å². The van der Waals surface area contributed by atoms with Crippen LogP contribution in [0.15, 0.2) is 48.7 Å². The molecule has 1 heterocycles. The molecule has 0 saturated carbocycles. The second kappa shape index (κ2) is 6.69. The highest BCUT2D eigenvalue weighted by molar-refractivity contribution is 7.92. The molecule has 112 valence electrons. The van der Waals surface area contributed by atoms with Crippen LogP contribution in [0.1, 0.15) is 24.2 Å². The number of hydrogen-bond acceptors (Lipinski definition) is 4. The van der Waals surface area contributed by atoms with Crippen LogP contribution in [0.25, 0.3) is 0 Å². The lowest BCUT2D eigenvalue weighted by molar-refractivity contribution is 0.600. The van der Waals surface area contributed by atoms with Gasteiger partial charge >= 0.3 is 0 Å². The quantitative estimate of drug-likeness (QED) is 0.855. The number of hydrogen-bond donors (Lipinski definition) is 2. The Morgan fingerprint density at radius 3 is 2.57 bits per heavy atom. The van der Waals surface area contributed by atoms with Crippen LogP contribution in [0.3, 0.4) is 0 Å². The summed E-state index contributed by atoms with van der Waals surface area (Å²) in [6.45, 7) is 1.82. The van der Waals surface area contributed by atoms with Crippen molar-refractivity contribution in [3.63, 3.8) is 0 Å². The minimum atomic E-state index is -3.43. The minimum absolute atomic E-state index is 0.0166. The van der Waals surface area contributed by atoms with Crippen LogP contribution in [0, 0.1) is 0 Å². The molecule has 1 aromatic heterocycles. The summed E-state index contributed by atoms with van der Waals surface area (Å²) in [5.74, 6) is -0.0166. The van der Waals surface area contributed by atoms with Crippen LogP contribution in [0.4, 0.5) is 5.69 Å². The van der Waals surface area contributed by atoms with E-state index in [2.05, 4.69) is 9.71 Å². The monoisotopic (exact) mass is 305 g/mol. The van der Waals surface area contributed by atoms with E-state index in [0.29, 0.717) is 12.1 Å². The first-order chi connectivity index (χ1) is 9.98. The van der Waals surface area contributed by atoms with E-state index in [4.69, 9.17) is 5.73 Å². The Balaban J connectivity index is 2.08. The van der Waals surface area contributed by atoms with Crippen LogP contribution >= 0.6 is 0 Å². The second-order valence-corrected chi connectivity index (χ2v) is 6.71. The zero-order valence-electron chi connectivity index (χ0n) is 11.9. The molecule has 2 rings (SSSR count). The van der Waals surface area contributed by atoms with Crippen LogP contribution in [0.5, 0.6) is 0 Å². The number of nitrogens with two attached hydrogens (primary N) is 1. The largest absolute Gasteiger partial charge is 0.324 e. The first-order valence-electron chi connectivity index (χ1n) is 6.73. The number of aromatic nitrogens is 1. The van der Waals surface area contributed by atoms with E-state index in [0.717, 1.165) is 11.3 Å². The van der Waals surface area contributed by atoms with Gasteiger partial charge in [0.05, 0.1) is 11.4 Å². The fourth-order valence-corrected chi connectivity index (χ4v) is 3.09. The van der Waals surface area contributed by atoms with Crippen molar-refractivity contribution in [3.8, 4) is 0 Å². The summed E-state index contributed by atoms with van der Waals surface area (Å²) in [6, 6.07) is 12.4. The maximum absolute atomic E-state index is 12.2. The molecule has 1 unspecified atom stereocenters. The summed E-state index contributed by atoms with van der Waals surface area (Å²) >= 11 is 0. The van der Waals surface area contributed by atoms with Crippen molar-refractivity contribution in [2.75, 3.05) is 10.5 Å². The van der Waals surface area contributed by atoms with Crippen molar-refractivity contribution < 1.29 is 8.42 Å². The van der Waals surface area contributed by atoms with Crippen molar-refractivity contribution in [3.05, 3.63) is 59.9 Å². The molecular formula is C15H19N3O2S. The number of nitrogens with one attached hydrogen (secondary N) is 1. The number of benzene rings is 1. The number of para-hydroxylation sites is 1. The molecular weight excluding hydrogens is 286 g/mol. The Morgan fingerprint density at radius 2 is 1.90 bits per heavy atom. The number of rotatable bonds is 6. The van der Waals surface area contributed by atoms with E-state index in [1.807, 2.05) is 31.2 Å². The van der Waals surface area contributed by atoms with Gasteiger partial charge in [-0.05, 0) is 30.7 Å². The maximum atomic E-state index is 12.2. The zero-order valence-corrected chi connectivity index (χ0v) is 12.7. The molecule has 2 aromatic rings. The Morgan fingerprint density at radius 1 is 1.19 bits per heavy atom. The van der Waals surface area contributed by atoms with E-state index in [1.54, 1.807) is 24.4 Å². The fraction of sp³-hybridized carbons (Fsp3) is 0.267. The molecule has 6 heteroatoms. The number of nitrogens with zero attached hydrogens (tertiary/aromatic N) is 1. The number of anilines is 1. The van der Waals surface area contributed by atoms with Gasteiger partial charge in [-0.25, -0.2) is 8.42 Å². The van der Waals surface area contributed by atoms with Crippen molar-refractivity contribution in [2.24, 2.45) is 5.73 Å². The standard InChI is InChI=1S/C15H19N3O2S/c1-12(16)14-7-2-3-8-15(14)18-21(19,20)11-9-13-6-4-5-10-17-13/h2-8,10,12,18H,9,11,16H2,1H3. The summed E-state index contributed by atoms with van der Waals surface area (Å²) in [7, 11) is -3.43. The van der Waals surface area contributed by atoms with Gasteiger partial charge in [-0.3, -0.25) is 9.71 Å². The smallest absolute Gasteiger partial charge is 0.233 e. The topological polar surface area (TPSA) is 85.1 Å². The lowest BCUT2D eigenvalue weighted by atomic mass is 10.1. The highest BCUT2D eigenvalue weighted by atomic mass is 32.2. The third kappa shape index (κ3) is 4.54. The number of aryl methyl sites for hydroxylation is 1. The van der Waals surface area contributed by atoms with Crippen molar-refractivity contribution in [1.29, 1.82) is 0 Å². The first-order valence-corrected chi connectivity index (χ1v) is 8.38. The van der Waals surface area contributed by atoms with Crippen molar-refractivity contribution >= 4 is 15.7 Å². The first kappa shape index (κ1) is 15.5. The van der Waals surface area contributed by atoms with Gasteiger partial charge in [-0.15, -0.1) is 0 Å². The van der Waals surface area contributed by atoms with E-state index >= 15 is 0 Å². The average Bonchev–Trinajstić information content (AvgIpc) is 2.46. The number of sulfonamides is 1. The van der Waals surface area contributed by atoms with Crippen molar-refractivity contribution in [2.45, 2.75) is 19.4 Å². The van der Waals surface area contributed by atoms with Gasteiger partial charge in [0.2, 0.25) is 10.0 Å². The third-order valence-corrected chi connectivity index (χ3v) is 4.34. The summed E-state index contributed by atoms with van der Waals surface area (Å²) < 4.78 is 26.9. The van der Waals surface area contributed by atoms with Gasteiger partial charge in [0.25, 0.3) is 0 Å². The van der Waals surface area contributed by atoms with Gasteiger partial charge in [-0.2, -0.15) is 0 Å². The Bertz CT molecular complexity index is 685. The molecule has 0 amide bonds. The SMILES string of the molecule is CC(N)c1ccccc1NS(=O)(=O)CCc1ccccn1. The predicted molar refractivity (Wildman–Crippen MR) is 84.4 cm³/mol. The van der Waals surface area contributed by atoms with E-state index in [1.165, 1.54) is 0 Å². The summed E-state index contributed by atoms with van der Waals surface area (Å²) in [6.07, 6.45) is 2.03. The normalized spacial score (nSPS) is 12.9. The van der Waals surface area contributed by atoms with Gasteiger partial charge in [0.15, 0.2) is 0 Å². The molecule has 1 aromatic carbocycles. The molecule has 0 fully saturated rings. The lowest BCUT2D eigenvalue weighted by Crippen LogP contribution is -2.20. The Labute approximate surface area is 125 Å². The summed E-state index contributed by atoms with van der Waals surface area (Å²) in [5.41, 5.74) is 7.92. The van der Waals surface area contributed by atoms with E-state index in [-0.39, 0.29) is 11.8 Å². The Hall–Kier alpha value is -1.92. The van der Waals surface area contributed by atoms with Gasteiger partial charge in [0, 0.05) is 24.4 Å². The van der Waals surface area contributed by atoms with Gasteiger partial charge in [0.1, 0.15) is 0 Å². The number of pyridine rings is 1. The molecule has 0 spiro atoms.